The minimum absolute atomic E-state index is 0.0327. The summed E-state index contributed by atoms with van der Waals surface area (Å²) >= 11 is 0. The molecule has 1 unspecified atom stereocenters. The maximum absolute atomic E-state index is 12.6. The number of amides is 2. The van der Waals surface area contributed by atoms with Crippen molar-refractivity contribution in [1.82, 2.24) is 9.21 Å². The van der Waals surface area contributed by atoms with Gasteiger partial charge in [0.05, 0.1) is 11.7 Å². The minimum Gasteiger partial charge on any atom is -0.339 e. The molecule has 2 saturated heterocycles. The molecule has 0 spiro atoms. The number of piperidine rings is 2. The van der Waals surface area contributed by atoms with E-state index < -0.39 is 10.0 Å². The molecular weight excluding hydrogens is 378 g/mol. The summed E-state index contributed by atoms with van der Waals surface area (Å²) in [5.74, 6) is -0.450. The monoisotopic (exact) mass is 407 g/mol. The van der Waals surface area contributed by atoms with Crippen molar-refractivity contribution in [3.63, 3.8) is 0 Å². The molecule has 2 aliphatic rings. The molecule has 154 valence electrons. The third-order valence-electron chi connectivity index (χ3n) is 5.56. The molecule has 0 aromatic heterocycles. The number of likely N-dealkylation sites (tertiary alicyclic amines) is 1. The van der Waals surface area contributed by atoms with Gasteiger partial charge in [0.15, 0.2) is 0 Å². The molecule has 0 aliphatic carbocycles. The standard InChI is InChI=1S/C20H29N3O4S/c1-2-28(26,27)23-14-6-7-17(15-23)19(24)21-18-10-8-16(9-11-18)20(25)22-12-4-3-5-13-22/h8-11,17H,2-7,12-15H2,1H3,(H,21,24). The fourth-order valence-electron chi connectivity index (χ4n) is 3.81. The van der Waals surface area contributed by atoms with Crippen molar-refractivity contribution in [3.8, 4) is 0 Å². The lowest BCUT2D eigenvalue weighted by Gasteiger charge is -2.30. The first-order chi connectivity index (χ1) is 13.4. The van der Waals surface area contributed by atoms with Crippen LogP contribution >= 0.6 is 0 Å². The highest BCUT2D eigenvalue weighted by Gasteiger charge is 2.31. The molecule has 1 atom stereocenters. The zero-order valence-electron chi connectivity index (χ0n) is 16.4. The molecule has 3 rings (SSSR count). The molecule has 8 heteroatoms. The number of anilines is 1. The Kier molecular flexibility index (Phi) is 6.72. The topological polar surface area (TPSA) is 86.8 Å². The highest BCUT2D eigenvalue weighted by molar-refractivity contribution is 7.89. The van der Waals surface area contributed by atoms with Crippen LogP contribution in [0.4, 0.5) is 5.69 Å². The van der Waals surface area contributed by atoms with E-state index in [-0.39, 0.29) is 30.0 Å². The van der Waals surface area contributed by atoms with Gasteiger partial charge in [0.25, 0.3) is 5.91 Å². The van der Waals surface area contributed by atoms with Crippen LogP contribution in [-0.4, -0.2) is 61.4 Å². The zero-order valence-corrected chi connectivity index (χ0v) is 17.2. The van der Waals surface area contributed by atoms with Crippen molar-refractivity contribution in [2.45, 2.75) is 39.0 Å². The first-order valence-corrected chi connectivity index (χ1v) is 11.7. The third kappa shape index (κ3) is 4.91. The molecule has 2 fully saturated rings. The third-order valence-corrected chi connectivity index (χ3v) is 7.40. The van der Waals surface area contributed by atoms with E-state index in [0.717, 1.165) is 25.9 Å². The molecule has 28 heavy (non-hydrogen) atoms. The second-order valence-corrected chi connectivity index (χ2v) is 9.77. The number of hydrogen-bond acceptors (Lipinski definition) is 4. The molecule has 1 N–H and O–H groups in total. The van der Waals surface area contributed by atoms with Gasteiger partial charge in [-0.15, -0.1) is 0 Å². The van der Waals surface area contributed by atoms with Gasteiger partial charge >= 0.3 is 0 Å². The Bertz CT molecular complexity index is 801. The predicted molar refractivity (Wildman–Crippen MR) is 109 cm³/mol. The Labute approximate surface area is 167 Å². The molecule has 0 radical (unpaired) electrons. The van der Waals surface area contributed by atoms with Gasteiger partial charge in [0, 0.05) is 37.4 Å². The largest absolute Gasteiger partial charge is 0.339 e. The van der Waals surface area contributed by atoms with Crippen molar-refractivity contribution in [1.29, 1.82) is 0 Å². The van der Waals surface area contributed by atoms with E-state index in [2.05, 4.69) is 5.32 Å². The van der Waals surface area contributed by atoms with E-state index in [0.29, 0.717) is 30.6 Å². The highest BCUT2D eigenvalue weighted by Crippen LogP contribution is 2.22. The summed E-state index contributed by atoms with van der Waals surface area (Å²) in [6.07, 6.45) is 4.62. The van der Waals surface area contributed by atoms with Crippen LogP contribution in [0.25, 0.3) is 0 Å². The van der Waals surface area contributed by atoms with Crippen molar-refractivity contribution < 1.29 is 18.0 Å². The molecule has 1 aromatic rings. The van der Waals surface area contributed by atoms with E-state index in [1.54, 1.807) is 31.2 Å². The predicted octanol–water partition coefficient (Wildman–Crippen LogP) is 2.31. The number of nitrogens with one attached hydrogen (secondary N) is 1. The van der Waals surface area contributed by atoms with Crippen molar-refractivity contribution in [2.24, 2.45) is 5.92 Å². The molecular formula is C20H29N3O4S. The van der Waals surface area contributed by atoms with Crippen LogP contribution in [0.1, 0.15) is 49.4 Å². The fraction of sp³-hybridized carbons (Fsp3) is 0.600. The first kappa shape index (κ1) is 20.8. The summed E-state index contributed by atoms with van der Waals surface area (Å²) < 4.78 is 25.6. The number of benzene rings is 1. The number of carbonyl (C=O) groups is 2. The van der Waals surface area contributed by atoms with Crippen LogP contribution in [0.15, 0.2) is 24.3 Å². The second-order valence-electron chi connectivity index (χ2n) is 7.52. The summed E-state index contributed by atoms with van der Waals surface area (Å²) in [7, 11) is -3.28. The summed E-state index contributed by atoms with van der Waals surface area (Å²) in [4.78, 5) is 27.0. The maximum atomic E-state index is 12.6. The average molecular weight is 408 g/mol. The molecule has 0 bridgehead atoms. The van der Waals surface area contributed by atoms with Crippen LogP contribution in [0.3, 0.4) is 0 Å². The Balaban J connectivity index is 1.59. The molecule has 7 nitrogen and oxygen atoms in total. The second kappa shape index (κ2) is 9.05. The Hall–Kier alpha value is -1.93. The number of rotatable bonds is 5. The van der Waals surface area contributed by atoms with Crippen molar-refractivity contribution in [2.75, 3.05) is 37.2 Å². The summed E-state index contributed by atoms with van der Waals surface area (Å²) in [6.45, 7) is 3.93. The molecule has 2 heterocycles. The van der Waals surface area contributed by atoms with E-state index in [9.17, 15) is 18.0 Å². The molecule has 0 saturated carbocycles. The summed E-state index contributed by atoms with van der Waals surface area (Å²) in [5.41, 5.74) is 1.24. The Morgan fingerprint density at radius 2 is 1.71 bits per heavy atom. The lowest BCUT2D eigenvalue weighted by Crippen LogP contribution is -2.44. The Morgan fingerprint density at radius 3 is 2.36 bits per heavy atom. The van der Waals surface area contributed by atoms with Gasteiger partial charge in [0.2, 0.25) is 15.9 Å². The zero-order chi connectivity index (χ0) is 20.1. The van der Waals surface area contributed by atoms with Gasteiger partial charge in [-0.1, -0.05) is 0 Å². The van der Waals surface area contributed by atoms with Gasteiger partial charge < -0.3 is 10.2 Å². The SMILES string of the molecule is CCS(=O)(=O)N1CCCC(C(=O)Nc2ccc(C(=O)N3CCCCC3)cc2)C1. The van der Waals surface area contributed by atoms with Gasteiger partial charge in [-0.3, -0.25) is 9.59 Å². The number of sulfonamides is 1. The number of hydrogen-bond donors (Lipinski definition) is 1. The average Bonchev–Trinajstić information content (AvgIpc) is 2.74. The normalized spacial score (nSPS) is 21.3. The van der Waals surface area contributed by atoms with Crippen LogP contribution in [0.2, 0.25) is 0 Å². The van der Waals surface area contributed by atoms with E-state index in [1.165, 1.54) is 10.7 Å². The molecule has 2 aliphatic heterocycles. The summed E-state index contributed by atoms with van der Waals surface area (Å²) in [6, 6.07) is 6.94. The minimum atomic E-state index is -3.28. The van der Waals surface area contributed by atoms with Crippen molar-refractivity contribution in [3.05, 3.63) is 29.8 Å². The lowest BCUT2D eigenvalue weighted by molar-refractivity contribution is -0.120. The smallest absolute Gasteiger partial charge is 0.253 e. The van der Waals surface area contributed by atoms with E-state index in [4.69, 9.17) is 0 Å². The lowest BCUT2D eigenvalue weighted by atomic mass is 9.98. The molecule has 2 amide bonds. The highest BCUT2D eigenvalue weighted by atomic mass is 32.2. The Morgan fingerprint density at radius 1 is 1.04 bits per heavy atom. The van der Waals surface area contributed by atoms with Gasteiger partial charge in [-0.05, 0) is 63.3 Å². The quantitative estimate of drug-likeness (QED) is 0.811. The number of nitrogens with zero attached hydrogens (tertiary/aromatic N) is 2. The maximum Gasteiger partial charge on any atom is 0.253 e. The first-order valence-electron chi connectivity index (χ1n) is 10.1. The fourth-order valence-corrected chi connectivity index (χ4v) is 4.99. The number of carbonyl (C=O) groups excluding carboxylic acids is 2. The van der Waals surface area contributed by atoms with Crippen LogP contribution in [0.5, 0.6) is 0 Å². The van der Waals surface area contributed by atoms with Crippen LogP contribution in [0, 0.1) is 5.92 Å². The van der Waals surface area contributed by atoms with E-state index in [1.807, 2.05) is 4.90 Å². The van der Waals surface area contributed by atoms with Gasteiger partial charge in [-0.2, -0.15) is 0 Å². The summed E-state index contributed by atoms with van der Waals surface area (Å²) in [5, 5.41) is 2.86. The van der Waals surface area contributed by atoms with Crippen LogP contribution in [-0.2, 0) is 14.8 Å². The van der Waals surface area contributed by atoms with Crippen molar-refractivity contribution >= 4 is 27.5 Å². The van der Waals surface area contributed by atoms with Gasteiger partial charge in [-0.25, -0.2) is 12.7 Å². The van der Waals surface area contributed by atoms with Crippen LogP contribution < -0.4 is 5.32 Å². The van der Waals surface area contributed by atoms with E-state index >= 15 is 0 Å². The molecule has 1 aromatic carbocycles. The van der Waals surface area contributed by atoms with Gasteiger partial charge in [0.1, 0.15) is 0 Å².